The van der Waals surface area contributed by atoms with Gasteiger partial charge in [0.05, 0.1) is 18.4 Å². The fraction of sp³-hybridized carbons (Fsp3) is 0.407. The minimum absolute atomic E-state index is 0.0312. The Balaban J connectivity index is 1.44. The number of nitrogens with zero attached hydrogens (tertiary/aromatic N) is 6. The van der Waals surface area contributed by atoms with Crippen molar-refractivity contribution in [1.29, 1.82) is 5.26 Å². The summed E-state index contributed by atoms with van der Waals surface area (Å²) in [7, 11) is 2.08. The van der Waals surface area contributed by atoms with Crippen molar-refractivity contribution >= 4 is 17.5 Å². The predicted octanol–water partition coefficient (Wildman–Crippen LogP) is 5.14. The van der Waals surface area contributed by atoms with Gasteiger partial charge in [0.2, 0.25) is 5.95 Å². The molecular formula is C27H28F3N7O. The first kappa shape index (κ1) is 25.7. The van der Waals surface area contributed by atoms with Crippen molar-refractivity contribution in [2.75, 3.05) is 36.9 Å². The van der Waals surface area contributed by atoms with Gasteiger partial charge in [-0.1, -0.05) is 6.07 Å². The number of benzene rings is 1. The number of ether oxygens (including phenoxy) is 1. The molecule has 0 aliphatic carbocycles. The van der Waals surface area contributed by atoms with Crippen LogP contribution in [0.1, 0.15) is 43.9 Å². The Labute approximate surface area is 219 Å². The smallest absolute Gasteiger partial charge is 0.256 e. The van der Waals surface area contributed by atoms with Crippen molar-refractivity contribution in [3.8, 4) is 23.1 Å². The zero-order chi connectivity index (χ0) is 27.0. The summed E-state index contributed by atoms with van der Waals surface area (Å²) in [4.78, 5) is 16.6. The van der Waals surface area contributed by atoms with Gasteiger partial charge in [-0.3, -0.25) is 0 Å². The predicted molar refractivity (Wildman–Crippen MR) is 137 cm³/mol. The number of alkyl halides is 1. The number of hydrogen-bond donors (Lipinski definition) is 1. The summed E-state index contributed by atoms with van der Waals surface area (Å²) in [6.07, 6.45) is 1.21. The molecule has 1 N–H and O–H groups in total. The van der Waals surface area contributed by atoms with Crippen LogP contribution in [0, 0.1) is 23.0 Å². The molecular weight excluding hydrogens is 495 g/mol. The quantitative estimate of drug-likeness (QED) is 0.492. The van der Waals surface area contributed by atoms with Gasteiger partial charge in [-0.05, 0) is 76.5 Å². The van der Waals surface area contributed by atoms with E-state index in [2.05, 4.69) is 38.3 Å². The fourth-order valence-electron chi connectivity index (χ4n) is 4.98. The number of anilines is 3. The van der Waals surface area contributed by atoms with Gasteiger partial charge in [-0.25, -0.2) is 23.7 Å². The first-order valence-electron chi connectivity index (χ1n) is 12.5. The lowest BCUT2D eigenvalue weighted by Gasteiger charge is -2.36. The number of piperidine rings is 1. The van der Waals surface area contributed by atoms with Crippen molar-refractivity contribution < 1.29 is 17.9 Å². The van der Waals surface area contributed by atoms with Gasteiger partial charge in [0, 0.05) is 11.6 Å². The van der Waals surface area contributed by atoms with E-state index < -0.39 is 18.0 Å². The number of pyridine rings is 1. The molecule has 8 nitrogen and oxygen atoms in total. The van der Waals surface area contributed by atoms with Crippen molar-refractivity contribution in [3.05, 3.63) is 53.4 Å². The lowest BCUT2D eigenvalue weighted by Crippen LogP contribution is -2.42. The van der Waals surface area contributed by atoms with Crippen LogP contribution >= 0.6 is 0 Å². The van der Waals surface area contributed by atoms with E-state index in [0.29, 0.717) is 17.2 Å². The second-order valence-electron chi connectivity index (χ2n) is 9.92. The van der Waals surface area contributed by atoms with E-state index in [4.69, 9.17) is 4.74 Å². The third kappa shape index (κ3) is 5.09. The number of rotatable bonds is 5. The average Bonchev–Trinajstić information content (AvgIpc) is 2.90. The van der Waals surface area contributed by atoms with Gasteiger partial charge >= 0.3 is 0 Å². The van der Waals surface area contributed by atoms with E-state index in [1.807, 2.05) is 19.9 Å². The summed E-state index contributed by atoms with van der Waals surface area (Å²) in [5.74, 6) is -1.16. The second-order valence-corrected chi connectivity index (χ2v) is 9.92. The molecule has 11 heteroatoms. The van der Waals surface area contributed by atoms with E-state index in [0.717, 1.165) is 43.8 Å². The number of nitrogens with one attached hydrogen (secondary N) is 1. The number of aromatic nitrogens is 3. The standard InChI is InChI=1S/C27H28F3N7O/c1-15(2)37-14-23(30)38-26-19(28)10-17(11-22(26)37)25-20(29)13-32-27(35-25)34-24-5-4-18(21(12-31)33-24)16-6-8-36(3)9-7-16/h4-5,10-11,13,15-16,23H,6-9,14H2,1-3H3,(H,32,33,34,35). The third-order valence-electron chi connectivity index (χ3n) is 6.99. The molecule has 38 heavy (non-hydrogen) atoms. The molecule has 1 aromatic carbocycles. The van der Waals surface area contributed by atoms with Crippen molar-refractivity contribution in [2.45, 2.75) is 45.0 Å². The Hall–Kier alpha value is -3.91. The van der Waals surface area contributed by atoms with E-state index in [1.165, 1.54) is 6.07 Å². The molecule has 1 unspecified atom stereocenters. The number of halogens is 3. The second kappa shape index (κ2) is 10.5. The molecule has 1 atom stereocenters. The molecule has 0 bridgehead atoms. The summed E-state index contributed by atoms with van der Waals surface area (Å²) in [5, 5.41) is 12.6. The van der Waals surface area contributed by atoms with E-state index >= 15 is 0 Å². The van der Waals surface area contributed by atoms with Crippen LogP contribution in [-0.2, 0) is 0 Å². The SMILES string of the molecule is CC(C)N1CC(F)Oc2c(F)cc(-c3nc(Nc4ccc(C5CCN(C)CC5)c(C#N)n4)ncc3F)cc21. The molecule has 0 amide bonds. The van der Waals surface area contributed by atoms with Crippen LogP contribution in [0.5, 0.6) is 5.75 Å². The maximum atomic E-state index is 15.0. The van der Waals surface area contributed by atoms with Crippen LogP contribution in [0.15, 0.2) is 30.5 Å². The molecule has 1 fully saturated rings. The summed E-state index contributed by atoms with van der Waals surface area (Å²) in [6.45, 7) is 5.54. The highest BCUT2D eigenvalue weighted by atomic mass is 19.1. The summed E-state index contributed by atoms with van der Waals surface area (Å²) in [6, 6.07) is 8.25. The van der Waals surface area contributed by atoms with Crippen molar-refractivity contribution in [3.63, 3.8) is 0 Å². The fourth-order valence-corrected chi connectivity index (χ4v) is 4.98. The first-order valence-corrected chi connectivity index (χ1v) is 12.5. The third-order valence-corrected chi connectivity index (χ3v) is 6.99. The maximum absolute atomic E-state index is 15.0. The zero-order valence-electron chi connectivity index (χ0n) is 21.4. The zero-order valence-corrected chi connectivity index (χ0v) is 21.4. The van der Waals surface area contributed by atoms with Gasteiger partial charge in [-0.2, -0.15) is 9.65 Å². The Morgan fingerprint density at radius 1 is 1.13 bits per heavy atom. The van der Waals surface area contributed by atoms with Crippen LogP contribution in [0.4, 0.5) is 30.6 Å². The van der Waals surface area contributed by atoms with Crippen LogP contribution in [0.3, 0.4) is 0 Å². The Kier molecular flexibility index (Phi) is 7.08. The normalized spacial score (nSPS) is 18.2. The van der Waals surface area contributed by atoms with Crippen LogP contribution in [0.25, 0.3) is 11.3 Å². The summed E-state index contributed by atoms with van der Waals surface area (Å²) in [5.41, 5.74) is 1.56. The molecule has 198 valence electrons. The molecule has 0 spiro atoms. The van der Waals surface area contributed by atoms with Gasteiger partial charge in [-0.15, -0.1) is 0 Å². The molecule has 4 heterocycles. The van der Waals surface area contributed by atoms with Crippen LogP contribution in [0.2, 0.25) is 0 Å². The highest BCUT2D eigenvalue weighted by molar-refractivity contribution is 5.73. The average molecular weight is 524 g/mol. The number of fused-ring (bicyclic) bond motifs is 1. The minimum atomic E-state index is -1.67. The molecule has 0 saturated carbocycles. The minimum Gasteiger partial charge on any atom is -0.453 e. The summed E-state index contributed by atoms with van der Waals surface area (Å²) < 4.78 is 48.9. The van der Waals surface area contributed by atoms with Crippen LogP contribution < -0.4 is 15.0 Å². The molecule has 5 rings (SSSR count). The Morgan fingerprint density at radius 3 is 2.61 bits per heavy atom. The Morgan fingerprint density at radius 2 is 1.89 bits per heavy atom. The Bertz CT molecular complexity index is 1390. The lowest BCUT2D eigenvalue weighted by atomic mass is 9.88. The molecule has 2 aliphatic rings. The van der Waals surface area contributed by atoms with Crippen molar-refractivity contribution in [2.24, 2.45) is 0 Å². The highest BCUT2D eigenvalue weighted by Gasteiger charge is 2.31. The topological polar surface area (TPSA) is 90.2 Å². The largest absolute Gasteiger partial charge is 0.453 e. The van der Waals surface area contributed by atoms with Gasteiger partial charge in [0.15, 0.2) is 17.4 Å². The van der Waals surface area contributed by atoms with Gasteiger partial charge < -0.3 is 19.9 Å². The molecule has 0 radical (unpaired) electrons. The van der Waals surface area contributed by atoms with E-state index in [1.54, 1.807) is 11.0 Å². The van der Waals surface area contributed by atoms with Crippen LogP contribution in [-0.4, -0.2) is 58.9 Å². The molecule has 1 saturated heterocycles. The number of nitriles is 1. The summed E-state index contributed by atoms with van der Waals surface area (Å²) >= 11 is 0. The lowest BCUT2D eigenvalue weighted by molar-refractivity contribution is 0.0591. The number of likely N-dealkylation sites (tertiary alicyclic amines) is 1. The van der Waals surface area contributed by atoms with E-state index in [9.17, 15) is 18.4 Å². The first-order chi connectivity index (χ1) is 18.2. The monoisotopic (exact) mass is 523 g/mol. The van der Waals surface area contributed by atoms with Gasteiger partial charge in [0.25, 0.3) is 6.36 Å². The molecule has 2 aromatic heterocycles. The molecule has 2 aliphatic heterocycles. The highest BCUT2D eigenvalue weighted by Crippen LogP contribution is 2.41. The molecule has 3 aromatic rings. The number of hydrogen-bond acceptors (Lipinski definition) is 8. The maximum Gasteiger partial charge on any atom is 0.256 e. The van der Waals surface area contributed by atoms with Crippen molar-refractivity contribution in [1.82, 2.24) is 19.9 Å². The van der Waals surface area contributed by atoms with E-state index in [-0.39, 0.29) is 41.5 Å². The van der Waals surface area contributed by atoms with Gasteiger partial charge in [0.1, 0.15) is 23.3 Å².